The van der Waals surface area contributed by atoms with Gasteiger partial charge in [0.25, 0.3) is 5.69 Å². The largest absolute Gasteiger partial charge is 0.463 e. The molecule has 0 radical (unpaired) electrons. The van der Waals surface area contributed by atoms with Crippen molar-refractivity contribution in [1.82, 2.24) is 5.32 Å². The molecule has 3 aromatic carbocycles. The number of carbonyl (C=O) groups excluding carboxylic acids is 3. The molecule has 40 heavy (non-hydrogen) atoms. The zero-order valence-corrected chi connectivity index (χ0v) is 21.2. The molecule has 0 saturated carbocycles. The molecule has 0 bridgehead atoms. The SMILES string of the molecule is CC(=O)NC1C(OC(=O)c2ccccc2)[C@H](O)C(COC(=O)c2ccccc2)O[C@H]1Oc1ccc([N+](=O)[O-])cc1. The highest BCUT2D eigenvalue weighted by atomic mass is 16.7. The van der Waals surface area contributed by atoms with Crippen molar-refractivity contribution in [3.63, 3.8) is 0 Å². The Hall–Kier alpha value is -4.81. The minimum atomic E-state index is -1.55. The highest BCUT2D eigenvalue weighted by Gasteiger charge is 2.50. The van der Waals surface area contributed by atoms with Gasteiger partial charge in [-0.15, -0.1) is 0 Å². The molecule has 1 aliphatic heterocycles. The van der Waals surface area contributed by atoms with Gasteiger partial charge < -0.3 is 29.4 Å². The van der Waals surface area contributed by atoms with Crippen LogP contribution in [0.15, 0.2) is 84.9 Å². The highest BCUT2D eigenvalue weighted by Crippen LogP contribution is 2.28. The Morgan fingerprint density at radius 3 is 2.05 bits per heavy atom. The van der Waals surface area contributed by atoms with E-state index in [9.17, 15) is 29.6 Å². The second-order valence-electron chi connectivity index (χ2n) is 8.83. The number of hydrogen-bond acceptors (Lipinski definition) is 10. The molecular formula is C28H26N2O10. The van der Waals surface area contributed by atoms with Crippen LogP contribution >= 0.6 is 0 Å². The van der Waals surface area contributed by atoms with Gasteiger partial charge in [-0.25, -0.2) is 9.59 Å². The number of benzene rings is 3. The molecule has 2 N–H and O–H groups in total. The molecule has 1 aliphatic rings. The summed E-state index contributed by atoms with van der Waals surface area (Å²) in [5, 5.41) is 24.8. The van der Waals surface area contributed by atoms with Gasteiger partial charge in [-0.2, -0.15) is 0 Å². The third kappa shape index (κ3) is 6.98. The summed E-state index contributed by atoms with van der Waals surface area (Å²) in [6.45, 7) is 0.778. The summed E-state index contributed by atoms with van der Waals surface area (Å²) in [5.74, 6) is -1.86. The second-order valence-corrected chi connectivity index (χ2v) is 8.83. The molecule has 1 fully saturated rings. The molecule has 3 unspecified atom stereocenters. The third-order valence-corrected chi connectivity index (χ3v) is 5.98. The molecule has 1 heterocycles. The number of amides is 1. The first kappa shape index (κ1) is 28.2. The lowest BCUT2D eigenvalue weighted by Gasteiger charge is -2.43. The van der Waals surface area contributed by atoms with Crippen molar-refractivity contribution < 1.29 is 43.4 Å². The summed E-state index contributed by atoms with van der Waals surface area (Å²) in [5.41, 5.74) is 0.295. The van der Waals surface area contributed by atoms with Crippen molar-refractivity contribution in [2.75, 3.05) is 6.61 Å². The summed E-state index contributed by atoms with van der Waals surface area (Å²) in [6.07, 6.45) is -5.55. The van der Waals surface area contributed by atoms with E-state index in [1.165, 1.54) is 43.3 Å². The molecule has 4 rings (SSSR count). The lowest BCUT2D eigenvalue weighted by Crippen LogP contribution is -2.66. The Morgan fingerprint density at radius 2 is 1.50 bits per heavy atom. The van der Waals surface area contributed by atoms with Crippen LogP contribution in [0.25, 0.3) is 0 Å². The number of carbonyl (C=O) groups is 3. The van der Waals surface area contributed by atoms with E-state index in [4.69, 9.17) is 18.9 Å². The van der Waals surface area contributed by atoms with Crippen molar-refractivity contribution in [2.45, 2.75) is 37.6 Å². The van der Waals surface area contributed by atoms with Crippen molar-refractivity contribution >= 4 is 23.5 Å². The number of hydrogen-bond donors (Lipinski definition) is 2. The maximum Gasteiger partial charge on any atom is 0.338 e. The topological polar surface area (TPSA) is 164 Å². The number of nitrogens with zero attached hydrogens (tertiary/aromatic N) is 1. The molecule has 1 saturated heterocycles. The van der Waals surface area contributed by atoms with Crippen molar-refractivity contribution in [3.8, 4) is 5.75 Å². The standard InChI is InChI=1S/C28H26N2O10/c1-17(31)29-23-25(40-27(34)19-10-6-3-7-11-19)24(32)22(16-37-26(33)18-8-4-2-5-9-18)39-28(23)38-21-14-12-20(13-15-21)30(35)36/h2-15,22-25,28,32H,16H2,1H3,(H,29,31)/t22?,23?,24-,25?,28-/m1/s1. The van der Waals surface area contributed by atoms with Crippen LogP contribution in [0, 0.1) is 10.1 Å². The van der Waals surface area contributed by atoms with Crippen molar-refractivity contribution in [1.29, 1.82) is 0 Å². The fraction of sp³-hybridized carbons (Fsp3) is 0.250. The first-order valence-electron chi connectivity index (χ1n) is 12.2. The lowest BCUT2D eigenvalue weighted by atomic mass is 9.96. The Morgan fingerprint density at radius 1 is 0.925 bits per heavy atom. The van der Waals surface area contributed by atoms with E-state index in [1.807, 2.05) is 0 Å². The van der Waals surface area contributed by atoms with E-state index in [0.717, 1.165) is 0 Å². The van der Waals surface area contributed by atoms with Gasteiger partial charge in [0.05, 0.1) is 16.1 Å². The number of non-ortho nitro benzene ring substituents is 1. The van der Waals surface area contributed by atoms with Gasteiger partial charge in [0.15, 0.2) is 6.10 Å². The third-order valence-electron chi connectivity index (χ3n) is 5.98. The van der Waals surface area contributed by atoms with Crippen molar-refractivity contribution in [3.05, 3.63) is 106 Å². The Balaban J connectivity index is 1.61. The molecule has 12 heteroatoms. The summed E-state index contributed by atoms with van der Waals surface area (Å²) in [7, 11) is 0. The molecule has 3 aromatic rings. The Bertz CT molecular complexity index is 1330. The van der Waals surface area contributed by atoms with Crippen LogP contribution < -0.4 is 10.1 Å². The number of ether oxygens (including phenoxy) is 4. The van der Waals surface area contributed by atoms with Crippen LogP contribution in [0.1, 0.15) is 27.6 Å². The Kier molecular flexibility index (Phi) is 9.04. The number of aliphatic hydroxyl groups excluding tert-OH is 1. The van der Waals surface area contributed by atoms with Gasteiger partial charge in [-0.3, -0.25) is 14.9 Å². The van der Waals surface area contributed by atoms with Gasteiger partial charge in [0.2, 0.25) is 12.2 Å². The molecule has 0 spiro atoms. The normalized spacial score (nSPS) is 22.0. The molecule has 0 aliphatic carbocycles. The van der Waals surface area contributed by atoms with Gasteiger partial charge in [-0.05, 0) is 36.4 Å². The fourth-order valence-corrected chi connectivity index (χ4v) is 4.04. The molecule has 1 amide bonds. The van der Waals surface area contributed by atoms with Crippen LogP contribution in [0.5, 0.6) is 5.75 Å². The van der Waals surface area contributed by atoms with E-state index in [2.05, 4.69) is 5.32 Å². The average molecular weight is 551 g/mol. The van der Waals surface area contributed by atoms with Gasteiger partial charge in [-0.1, -0.05) is 36.4 Å². The first-order valence-corrected chi connectivity index (χ1v) is 12.2. The number of rotatable bonds is 9. The number of nitro benzene ring substituents is 1. The quantitative estimate of drug-likeness (QED) is 0.230. The van der Waals surface area contributed by atoms with E-state index in [-0.39, 0.29) is 22.6 Å². The predicted molar refractivity (Wildman–Crippen MR) is 138 cm³/mol. The first-order chi connectivity index (χ1) is 19.2. The summed E-state index contributed by atoms with van der Waals surface area (Å²) in [6, 6.07) is 20.1. The number of nitrogens with one attached hydrogen (secondary N) is 1. The van der Waals surface area contributed by atoms with Crippen LogP contribution in [-0.4, -0.2) is 65.1 Å². The van der Waals surface area contributed by atoms with Crippen LogP contribution in [-0.2, 0) is 19.0 Å². The second kappa shape index (κ2) is 12.8. The van der Waals surface area contributed by atoms with Crippen LogP contribution in [0.3, 0.4) is 0 Å². The summed E-state index contributed by atoms with van der Waals surface area (Å²) in [4.78, 5) is 48.0. The number of aliphatic hydroxyl groups is 1. The number of esters is 2. The summed E-state index contributed by atoms with van der Waals surface area (Å²) >= 11 is 0. The average Bonchev–Trinajstić information content (AvgIpc) is 2.96. The van der Waals surface area contributed by atoms with Crippen LogP contribution in [0.4, 0.5) is 5.69 Å². The summed E-state index contributed by atoms with van der Waals surface area (Å²) < 4.78 is 22.8. The van der Waals surface area contributed by atoms with Gasteiger partial charge >= 0.3 is 11.9 Å². The van der Waals surface area contributed by atoms with E-state index >= 15 is 0 Å². The van der Waals surface area contributed by atoms with E-state index in [0.29, 0.717) is 0 Å². The molecule has 208 valence electrons. The zero-order chi connectivity index (χ0) is 28.6. The maximum absolute atomic E-state index is 12.9. The monoisotopic (exact) mass is 550 g/mol. The minimum absolute atomic E-state index is 0.135. The molecule has 5 atom stereocenters. The van der Waals surface area contributed by atoms with Gasteiger partial charge in [0.1, 0.15) is 30.6 Å². The number of nitro groups is 1. The molecular weight excluding hydrogens is 524 g/mol. The molecule has 12 nitrogen and oxygen atoms in total. The predicted octanol–water partition coefficient (Wildman–Crippen LogP) is 2.65. The minimum Gasteiger partial charge on any atom is -0.463 e. The molecule has 0 aromatic heterocycles. The smallest absolute Gasteiger partial charge is 0.338 e. The fourth-order valence-electron chi connectivity index (χ4n) is 4.04. The van der Waals surface area contributed by atoms with E-state index < -0.39 is 60.0 Å². The lowest BCUT2D eigenvalue weighted by molar-refractivity contribution is -0.384. The van der Waals surface area contributed by atoms with Gasteiger partial charge in [0, 0.05) is 19.1 Å². The zero-order valence-electron chi connectivity index (χ0n) is 21.2. The highest BCUT2D eigenvalue weighted by molar-refractivity contribution is 5.90. The maximum atomic E-state index is 12.9. The van der Waals surface area contributed by atoms with Crippen molar-refractivity contribution in [2.24, 2.45) is 0 Å². The van der Waals surface area contributed by atoms with E-state index in [1.54, 1.807) is 48.5 Å². The Labute approximate surface area is 228 Å². The van der Waals surface area contributed by atoms with Crippen LogP contribution in [0.2, 0.25) is 0 Å².